The van der Waals surface area contributed by atoms with Gasteiger partial charge in [0.15, 0.2) is 9.84 Å². The maximum atomic E-state index is 11.5. The van der Waals surface area contributed by atoms with Crippen LogP contribution in [-0.4, -0.2) is 26.5 Å². The number of nitrogens with one attached hydrogen (secondary N) is 1. The minimum Gasteiger partial charge on any atom is -0.309 e. The van der Waals surface area contributed by atoms with Crippen molar-refractivity contribution in [1.29, 1.82) is 0 Å². The van der Waals surface area contributed by atoms with Gasteiger partial charge in [-0.05, 0) is 25.0 Å². The lowest BCUT2D eigenvalue weighted by Gasteiger charge is -2.15. The van der Waals surface area contributed by atoms with Crippen LogP contribution in [0.4, 0.5) is 0 Å². The van der Waals surface area contributed by atoms with Crippen molar-refractivity contribution in [3.05, 3.63) is 34.9 Å². The first-order valence-corrected chi connectivity index (χ1v) is 8.34. The first-order chi connectivity index (χ1) is 8.46. The van der Waals surface area contributed by atoms with Crippen LogP contribution in [-0.2, 0) is 9.84 Å². The van der Waals surface area contributed by atoms with Gasteiger partial charge >= 0.3 is 0 Å². The lowest BCUT2D eigenvalue weighted by atomic mass is 10.1. The summed E-state index contributed by atoms with van der Waals surface area (Å²) in [7, 11) is -2.92. The monoisotopic (exact) mass is 289 g/mol. The van der Waals surface area contributed by atoms with Crippen molar-refractivity contribution >= 4 is 21.4 Å². The number of hydrogen-bond acceptors (Lipinski definition) is 3. The average molecular weight is 290 g/mol. The number of sulfone groups is 1. The number of halogens is 1. The van der Waals surface area contributed by atoms with Crippen LogP contribution in [0.25, 0.3) is 0 Å². The molecule has 1 atom stereocenters. The van der Waals surface area contributed by atoms with Gasteiger partial charge in [0.2, 0.25) is 0 Å². The maximum absolute atomic E-state index is 11.5. The predicted molar refractivity (Wildman–Crippen MR) is 76.8 cm³/mol. The average Bonchev–Trinajstić information content (AvgIpc) is 2.29. The van der Waals surface area contributed by atoms with Crippen molar-refractivity contribution in [2.24, 2.45) is 0 Å². The lowest BCUT2D eigenvalue weighted by Crippen LogP contribution is -2.26. The number of hydrogen-bond donors (Lipinski definition) is 1. The summed E-state index contributed by atoms with van der Waals surface area (Å²) in [5.41, 5.74) is 0.993. The van der Waals surface area contributed by atoms with Gasteiger partial charge in [0, 0.05) is 23.4 Å². The lowest BCUT2D eigenvalue weighted by molar-refractivity contribution is 0.571. The molecule has 0 aromatic heterocycles. The van der Waals surface area contributed by atoms with E-state index in [0.29, 0.717) is 18.0 Å². The smallest absolute Gasteiger partial charge is 0.151 e. The number of rotatable bonds is 7. The van der Waals surface area contributed by atoms with Gasteiger partial charge in [-0.3, -0.25) is 0 Å². The maximum Gasteiger partial charge on any atom is 0.151 e. The summed E-state index contributed by atoms with van der Waals surface area (Å²) in [5, 5.41) is 3.89. The molecule has 0 radical (unpaired) electrons. The molecule has 1 aromatic rings. The zero-order valence-electron chi connectivity index (χ0n) is 10.8. The van der Waals surface area contributed by atoms with Crippen LogP contribution in [0.1, 0.15) is 31.9 Å². The third-order valence-corrected chi connectivity index (χ3v) is 4.95. The van der Waals surface area contributed by atoms with E-state index < -0.39 is 9.84 Å². The minimum atomic E-state index is -2.92. The van der Waals surface area contributed by atoms with Gasteiger partial charge in [-0.15, -0.1) is 0 Å². The Morgan fingerprint density at radius 2 is 1.94 bits per heavy atom. The molecule has 0 amide bonds. The SMILES string of the molecule is CCCS(=O)(=O)CCNC(C)c1ccccc1Cl. The van der Waals surface area contributed by atoms with Crippen LogP contribution in [0.2, 0.25) is 5.02 Å². The number of benzene rings is 1. The van der Waals surface area contributed by atoms with Crippen LogP contribution in [0, 0.1) is 0 Å². The van der Waals surface area contributed by atoms with Crippen molar-refractivity contribution in [1.82, 2.24) is 5.32 Å². The molecule has 0 saturated heterocycles. The molecule has 102 valence electrons. The molecule has 1 aromatic carbocycles. The first-order valence-electron chi connectivity index (χ1n) is 6.14. The molecule has 5 heteroatoms. The van der Waals surface area contributed by atoms with Crippen LogP contribution in [0.5, 0.6) is 0 Å². The van der Waals surface area contributed by atoms with Crippen molar-refractivity contribution in [3.8, 4) is 0 Å². The Labute approximate surface area is 114 Å². The van der Waals surface area contributed by atoms with E-state index in [4.69, 9.17) is 11.6 Å². The Balaban J connectivity index is 2.48. The Bertz CT molecular complexity index is 474. The van der Waals surface area contributed by atoms with Gasteiger partial charge < -0.3 is 5.32 Å². The normalized spacial score (nSPS) is 13.5. The first kappa shape index (κ1) is 15.5. The molecule has 0 saturated carbocycles. The Kier molecular flexibility index (Phi) is 6.12. The van der Waals surface area contributed by atoms with Gasteiger partial charge in [-0.2, -0.15) is 0 Å². The fourth-order valence-corrected chi connectivity index (χ4v) is 3.33. The molecular weight excluding hydrogens is 270 g/mol. The van der Waals surface area contributed by atoms with Crippen molar-refractivity contribution in [2.45, 2.75) is 26.3 Å². The third kappa shape index (κ3) is 4.96. The zero-order chi connectivity index (χ0) is 13.6. The van der Waals surface area contributed by atoms with Crippen LogP contribution < -0.4 is 5.32 Å². The highest BCUT2D eigenvalue weighted by Gasteiger charge is 2.12. The van der Waals surface area contributed by atoms with Crippen molar-refractivity contribution < 1.29 is 8.42 Å². The molecular formula is C13H20ClNO2S. The molecule has 0 aliphatic carbocycles. The summed E-state index contributed by atoms with van der Waals surface area (Å²) >= 11 is 6.08. The Morgan fingerprint density at radius 1 is 1.28 bits per heavy atom. The van der Waals surface area contributed by atoms with E-state index >= 15 is 0 Å². The van der Waals surface area contributed by atoms with E-state index in [1.165, 1.54) is 0 Å². The second-order valence-electron chi connectivity index (χ2n) is 4.35. The highest BCUT2D eigenvalue weighted by Crippen LogP contribution is 2.21. The minimum absolute atomic E-state index is 0.0514. The van der Waals surface area contributed by atoms with Gasteiger partial charge in [0.1, 0.15) is 0 Å². The summed E-state index contributed by atoms with van der Waals surface area (Å²) in [5.74, 6) is 0.435. The second kappa shape index (κ2) is 7.12. The molecule has 1 N–H and O–H groups in total. The standard InChI is InChI=1S/C13H20ClNO2S/c1-3-9-18(16,17)10-8-15-11(2)12-6-4-5-7-13(12)14/h4-7,11,15H,3,8-10H2,1-2H3. The summed E-state index contributed by atoms with van der Waals surface area (Å²) in [6.45, 7) is 4.31. The van der Waals surface area contributed by atoms with Gasteiger partial charge in [-0.25, -0.2) is 8.42 Å². The summed E-state index contributed by atoms with van der Waals surface area (Å²) in [4.78, 5) is 0. The molecule has 0 fully saturated rings. The van der Waals surface area contributed by atoms with Gasteiger partial charge in [-0.1, -0.05) is 36.7 Å². The van der Waals surface area contributed by atoms with Crippen molar-refractivity contribution in [3.63, 3.8) is 0 Å². The topological polar surface area (TPSA) is 46.2 Å². The van der Waals surface area contributed by atoms with E-state index in [2.05, 4.69) is 5.32 Å². The van der Waals surface area contributed by atoms with E-state index in [9.17, 15) is 8.42 Å². The predicted octanol–water partition coefficient (Wildman–Crippen LogP) is 2.82. The molecule has 0 bridgehead atoms. The zero-order valence-corrected chi connectivity index (χ0v) is 12.4. The third-order valence-electron chi connectivity index (χ3n) is 2.75. The summed E-state index contributed by atoms with van der Waals surface area (Å²) in [6, 6.07) is 7.64. The van der Waals surface area contributed by atoms with E-state index in [1.54, 1.807) is 0 Å². The molecule has 0 heterocycles. The second-order valence-corrected chi connectivity index (χ2v) is 7.06. The fourth-order valence-electron chi connectivity index (χ4n) is 1.78. The Morgan fingerprint density at radius 3 is 2.56 bits per heavy atom. The van der Waals surface area contributed by atoms with E-state index in [0.717, 1.165) is 5.56 Å². The molecule has 0 aliphatic heterocycles. The van der Waals surface area contributed by atoms with Crippen molar-refractivity contribution in [2.75, 3.05) is 18.1 Å². The molecule has 1 rings (SSSR count). The Hall–Kier alpha value is -0.580. The molecule has 0 spiro atoms. The summed E-state index contributed by atoms with van der Waals surface area (Å²) in [6.07, 6.45) is 0.669. The van der Waals surface area contributed by atoms with Crippen LogP contribution in [0.15, 0.2) is 24.3 Å². The van der Waals surface area contributed by atoms with Gasteiger partial charge in [0.05, 0.1) is 5.75 Å². The quantitative estimate of drug-likeness (QED) is 0.839. The fraction of sp³-hybridized carbons (Fsp3) is 0.538. The van der Waals surface area contributed by atoms with Crippen LogP contribution in [0.3, 0.4) is 0 Å². The molecule has 3 nitrogen and oxygen atoms in total. The highest BCUT2D eigenvalue weighted by molar-refractivity contribution is 7.91. The largest absolute Gasteiger partial charge is 0.309 e. The summed E-state index contributed by atoms with van der Waals surface area (Å²) < 4.78 is 23.1. The van der Waals surface area contributed by atoms with E-state index in [-0.39, 0.29) is 17.5 Å². The van der Waals surface area contributed by atoms with Gasteiger partial charge in [0.25, 0.3) is 0 Å². The molecule has 0 aliphatic rings. The highest BCUT2D eigenvalue weighted by atomic mass is 35.5. The molecule has 18 heavy (non-hydrogen) atoms. The van der Waals surface area contributed by atoms with E-state index in [1.807, 2.05) is 38.1 Å². The molecule has 1 unspecified atom stereocenters. The van der Waals surface area contributed by atoms with Crippen LogP contribution >= 0.6 is 11.6 Å².